The molecule has 0 spiro atoms. The van der Waals surface area contributed by atoms with Gasteiger partial charge in [0.25, 0.3) is 0 Å². The van der Waals surface area contributed by atoms with Gasteiger partial charge in [-0.25, -0.2) is 4.79 Å². The fourth-order valence-corrected chi connectivity index (χ4v) is 1.06. The Balaban J connectivity index is 2.68. The molecule has 1 aromatic carbocycles. The second kappa shape index (κ2) is 5.70. The molecule has 0 aliphatic heterocycles. The van der Waals surface area contributed by atoms with Gasteiger partial charge in [0.15, 0.2) is 0 Å². The van der Waals surface area contributed by atoms with Crippen molar-refractivity contribution in [3.63, 3.8) is 0 Å². The van der Waals surface area contributed by atoms with Crippen LogP contribution in [0.1, 0.15) is 22.8 Å². The Morgan fingerprint density at radius 1 is 1.19 bits per heavy atom. The van der Waals surface area contributed by atoms with Crippen LogP contribution in [0.4, 0.5) is 0 Å². The van der Waals surface area contributed by atoms with Gasteiger partial charge in [-0.2, -0.15) is 0 Å². The first-order valence-electron chi connectivity index (χ1n) is 4.65. The molecular formula is C12H12O4. The first-order chi connectivity index (χ1) is 7.63. The number of carbonyl (C=O) groups is 2. The van der Waals surface area contributed by atoms with Crippen LogP contribution in [-0.4, -0.2) is 19.0 Å². The zero-order chi connectivity index (χ0) is 12.0. The maximum atomic E-state index is 11.1. The monoisotopic (exact) mass is 220 g/mol. The molecular weight excluding hydrogens is 208 g/mol. The van der Waals surface area contributed by atoms with Gasteiger partial charge in [0.1, 0.15) is 0 Å². The maximum absolute atomic E-state index is 11.1. The summed E-state index contributed by atoms with van der Waals surface area (Å²) in [4.78, 5) is 21.6. The second-order valence-electron chi connectivity index (χ2n) is 3.03. The molecule has 0 saturated carbocycles. The fourth-order valence-electron chi connectivity index (χ4n) is 1.06. The molecule has 0 aromatic heterocycles. The van der Waals surface area contributed by atoms with E-state index in [1.807, 2.05) is 0 Å². The smallest absolute Gasteiger partial charge is 0.337 e. The minimum Gasteiger partial charge on any atom is -0.465 e. The summed E-state index contributed by atoms with van der Waals surface area (Å²) in [6.45, 7) is 1.32. The summed E-state index contributed by atoms with van der Waals surface area (Å²) < 4.78 is 9.20. The number of hydrogen-bond donors (Lipinski definition) is 0. The van der Waals surface area contributed by atoms with Crippen molar-refractivity contribution in [3.05, 3.63) is 41.7 Å². The van der Waals surface area contributed by atoms with E-state index in [1.165, 1.54) is 20.3 Å². The normalized spacial score (nSPS) is 10.1. The Morgan fingerprint density at radius 3 is 2.31 bits per heavy atom. The third kappa shape index (κ3) is 3.57. The summed E-state index contributed by atoms with van der Waals surface area (Å²) in [6.07, 6.45) is 2.93. The second-order valence-corrected chi connectivity index (χ2v) is 3.03. The molecule has 0 atom stereocenters. The molecule has 1 rings (SSSR count). The van der Waals surface area contributed by atoms with E-state index in [0.29, 0.717) is 5.56 Å². The summed E-state index contributed by atoms with van der Waals surface area (Å²) in [5.41, 5.74) is 1.31. The van der Waals surface area contributed by atoms with Crippen molar-refractivity contribution in [1.29, 1.82) is 0 Å². The number of methoxy groups -OCH3 is 1. The molecule has 16 heavy (non-hydrogen) atoms. The van der Waals surface area contributed by atoms with Crippen molar-refractivity contribution < 1.29 is 19.1 Å². The third-order valence-electron chi connectivity index (χ3n) is 1.83. The molecule has 0 saturated heterocycles. The lowest BCUT2D eigenvalue weighted by Crippen LogP contribution is -2.00. The van der Waals surface area contributed by atoms with Gasteiger partial charge in [0.05, 0.1) is 18.9 Å². The van der Waals surface area contributed by atoms with E-state index in [-0.39, 0.29) is 11.9 Å². The molecule has 4 heteroatoms. The summed E-state index contributed by atoms with van der Waals surface area (Å²) in [5.74, 6) is -0.752. The first kappa shape index (κ1) is 12.0. The summed E-state index contributed by atoms with van der Waals surface area (Å²) in [6, 6.07) is 6.73. The highest BCUT2D eigenvalue weighted by atomic mass is 16.5. The molecule has 0 aliphatic rings. The quantitative estimate of drug-likeness (QED) is 0.577. The van der Waals surface area contributed by atoms with E-state index >= 15 is 0 Å². The van der Waals surface area contributed by atoms with Crippen molar-refractivity contribution in [1.82, 2.24) is 0 Å². The average molecular weight is 220 g/mol. The van der Waals surface area contributed by atoms with E-state index in [1.54, 1.807) is 30.3 Å². The van der Waals surface area contributed by atoms with E-state index in [2.05, 4.69) is 9.47 Å². The van der Waals surface area contributed by atoms with Crippen LogP contribution in [0.15, 0.2) is 30.5 Å². The minimum absolute atomic E-state index is 0.373. The van der Waals surface area contributed by atoms with E-state index < -0.39 is 0 Å². The Labute approximate surface area is 93.5 Å². The van der Waals surface area contributed by atoms with Crippen molar-refractivity contribution in [2.45, 2.75) is 6.92 Å². The van der Waals surface area contributed by atoms with Crippen LogP contribution in [0.5, 0.6) is 0 Å². The van der Waals surface area contributed by atoms with Gasteiger partial charge in [-0.1, -0.05) is 12.1 Å². The predicted molar refractivity (Wildman–Crippen MR) is 58.6 cm³/mol. The van der Waals surface area contributed by atoms with E-state index in [0.717, 1.165) is 5.56 Å². The number of carbonyl (C=O) groups excluding carboxylic acids is 2. The number of hydrogen-bond acceptors (Lipinski definition) is 4. The van der Waals surface area contributed by atoms with Gasteiger partial charge in [-0.05, 0) is 23.8 Å². The Bertz CT molecular complexity index is 404. The summed E-state index contributed by atoms with van der Waals surface area (Å²) in [5, 5.41) is 0. The number of esters is 2. The molecule has 0 fully saturated rings. The third-order valence-corrected chi connectivity index (χ3v) is 1.83. The highest BCUT2D eigenvalue weighted by Gasteiger charge is 2.02. The summed E-state index contributed by atoms with van der Waals surface area (Å²) >= 11 is 0. The van der Waals surface area contributed by atoms with Crippen LogP contribution in [0, 0.1) is 0 Å². The standard InChI is InChI=1S/C12H12O4/c1-9(13)16-8-7-10-3-5-11(6-4-10)12(14)15-2/h3-8H,1-2H3/b8-7+. The van der Waals surface area contributed by atoms with Gasteiger partial charge in [-0.15, -0.1) is 0 Å². The van der Waals surface area contributed by atoms with Gasteiger partial charge in [-0.3, -0.25) is 4.79 Å². The molecule has 0 aliphatic carbocycles. The van der Waals surface area contributed by atoms with Gasteiger partial charge >= 0.3 is 11.9 Å². The largest absolute Gasteiger partial charge is 0.465 e. The van der Waals surface area contributed by atoms with Crippen molar-refractivity contribution in [2.75, 3.05) is 7.11 Å². The number of benzene rings is 1. The van der Waals surface area contributed by atoms with Crippen LogP contribution in [0.3, 0.4) is 0 Å². The van der Waals surface area contributed by atoms with Crippen LogP contribution < -0.4 is 0 Å². The lowest BCUT2D eigenvalue weighted by Gasteiger charge is -1.99. The van der Waals surface area contributed by atoms with Crippen LogP contribution >= 0.6 is 0 Å². The highest BCUT2D eigenvalue weighted by Crippen LogP contribution is 2.07. The van der Waals surface area contributed by atoms with Gasteiger partial charge in [0, 0.05) is 6.92 Å². The molecule has 0 radical (unpaired) electrons. The fraction of sp³-hybridized carbons (Fsp3) is 0.167. The van der Waals surface area contributed by atoms with Crippen molar-refractivity contribution >= 4 is 18.0 Å². The SMILES string of the molecule is COC(=O)c1ccc(/C=C/OC(C)=O)cc1. The molecule has 0 bridgehead atoms. The molecule has 0 N–H and O–H groups in total. The molecule has 0 heterocycles. The van der Waals surface area contributed by atoms with Crippen LogP contribution in [0.25, 0.3) is 6.08 Å². The first-order valence-corrected chi connectivity index (χ1v) is 4.65. The van der Waals surface area contributed by atoms with Gasteiger partial charge < -0.3 is 9.47 Å². The van der Waals surface area contributed by atoms with Crippen molar-refractivity contribution in [3.8, 4) is 0 Å². The number of ether oxygens (including phenoxy) is 2. The van der Waals surface area contributed by atoms with Crippen molar-refractivity contribution in [2.24, 2.45) is 0 Å². The molecule has 1 aromatic rings. The zero-order valence-electron chi connectivity index (χ0n) is 9.10. The van der Waals surface area contributed by atoms with E-state index in [4.69, 9.17) is 0 Å². The summed E-state index contributed by atoms with van der Waals surface area (Å²) in [7, 11) is 1.33. The average Bonchev–Trinajstić information content (AvgIpc) is 2.28. The predicted octanol–water partition coefficient (Wildman–Crippen LogP) is 2.01. The topological polar surface area (TPSA) is 52.6 Å². The van der Waals surface area contributed by atoms with Crippen LogP contribution in [0.2, 0.25) is 0 Å². The van der Waals surface area contributed by atoms with Gasteiger partial charge in [0.2, 0.25) is 0 Å². The maximum Gasteiger partial charge on any atom is 0.337 e. The molecule has 0 unspecified atom stereocenters. The number of rotatable bonds is 3. The lowest BCUT2D eigenvalue weighted by molar-refractivity contribution is -0.135. The Hall–Kier alpha value is -2.10. The highest BCUT2D eigenvalue weighted by molar-refractivity contribution is 5.89. The Kier molecular flexibility index (Phi) is 4.27. The molecule has 0 amide bonds. The molecule has 84 valence electrons. The lowest BCUT2D eigenvalue weighted by atomic mass is 10.1. The van der Waals surface area contributed by atoms with Crippen LogP contribution in [-0.2, 0) is 14.3 Å². The molecule has 4 nitrogen and oxygen atoms in total. The van der Waals surface area contributed by atoms with E-state index in [9.17, 15) is 9.59 Å². The Morgan fingerprint density at radius 2 is 1.81 bits per heavy atom. The zero-order valence-corrected chi connectivity index (χ0v) is 9.10. The minimum atomic E-state index is -0.379.